The first-order valence-corrected chi connectivity index (χ1v) is 9.57. The van der Waals surface area contributed by atoms with Gasteiger partial charge in [-0.25, -0.2) is 4.98 Å². The third-order valence-electron chi connectivity index (χ3n) is 4.85. The number of ether oxygens (including phenoxy) is 1. The monoisotopic (exact) mass is 444 g/mol. The SMILES string of the molecule is COc1ccc(-n2c(C3CCCN3)nc3c(Br)cc([N+](=O)[O-])cc3c2=O)cc1. The summed E-state index contributed by atoms with van der Waals surface area (Å²) in [5.41, 5.74) is 0.546. The summed E-state index contributed by atoms with van der Waals surface area (Å²) in [6.07, 6.45) is 1.85. The summed E-state index contributed by atoms with van der Waals surface area (Å²) in [5.74, 6) is 1.26. The Bertz CT molecular complexity index is 1120. The van der Waals surface area contributed by atoms with Gasteiger partial charge < -0.3 is 10.1 Å². The van der Waals surface area contributed by atoms with Gasteiger partial charge in [-0.3, -0.25) is 19.5 Å². The van der Waals surface area contributed by atoms with Gasteiger partial charge in [-0.1, -0.05) is 0 Å². The van der Waals surface area contributed by atoms with Crippen LogP contribution >= 0.6 is 15.9 Å². The largest absolute Gasteiger partial charge is 0.497 e. The second kappa shape index (κ2) is 7.33. The molecule has 0 bridgehead atoms. The van der Waals surface area contributed by atoms with E-state index in [2.05, 4.69) is 21.2 Å². The Morgan fingerprint density at radius 2 is 2.07 bits per heavy atom. The summed E-state index contributed by atoms with van der Waals surface area (Å²) < 4.78 is 7.15. The Morgan fingerprint density at radius 3 is 2.68 bits per heavy atom. The number of methoxy groups -OCH3 is 1. The highest BCUT2D eigenvalue weighted by molar-refractivity contribution is 9.10. The second-order valence-corrected chi connectivity index (χ2v) is 7.39. The van der Waals surface area contributed by atoms with Crippen LogP contribution in [0.25, 0.3) is 16.6 Å². The molecule has 1 aromatic heterocycles. The van der Waals surface area contributed by atoms with Crippen LogP contribution in [0, 0.1) is 10.1 Å². The van der Waals surface area contributed by atoms with Crippen LogP contribution in [0.1, 0.15) is 24.7 Å². The molecule has 0 spiro atoms. The highest BCUT2D eigenvalue weighted by Gasteiger charge is 2.25. The predicted octanol–water partition coefficient (Wildman–Crippen LogP) is 3.49. The van der Waals surface area contributed by atoms with Crippen LogP contribution in [-0.4, -0.2) is 28.1 Å². The zero-order valence-electron chi connectivity index (χ0n) is 15.0. The van der Waals surface area contributed by atoms with Crippen molar-refractivity contribution >= 4 is 32.5 Å². The lowest BCUT2D eigenvalue weighted by atomic mass is 10.1. The first-order valence-electron chi connectivity index (χ1n) is 8.78. The number of nitrogens with one attached hydrogen (secondary N) is 1. The number of non-ortho nitro benzene ring substituents is 1. The van der Waals surface area contributed by atoms with E-state index in [1.807, 2.05) is 0 Å². The number of nitrogens with zero attached hydrogens (tertiary/aromatic N) is 3. The van der Waals surface area contributed by atoms with Crippen LogP contribution in [0.15, 0.2) is 45.7 Å². The van der Waals surface area contributed by atoms with Gasteiger partial charge >= 0.3 is 0 Å². The Hall–Kier alpha value is -2.78. The molecule has 1 atom stereocenters. The van der Waals surface area contributed by atoms with Crippen LogP contribution in [0.4, 0.5) is 5.69 Å². The molecular weight excluding hydrogens is 428 g/mol. The molecule has 8 nitrogen and oxygen atoms in total. The van der Waals surface area contributed by atoms with Gasteiger partial charge in [-0.2, -0.15) is 0 Å². The maximum absolute atomic E-state index is 13.4. The van der Waals surface area contributed by atoms with Gasteiger partial charge in [0.2, 0.25) is 0 Å². The van der Waals surface area contributed by atoms with Gasteiger partial charge in [-0.15, -0.1) is 0 Å². The number of nitro benzene ring substituents is 1. The first kappa shape index (κ1) is 18.6. The molecule has 1 N–H and O–H groups in total. The van der Waals surface area contributed by atoms with Gasteiger partial charge in [-0.05, 0) is 59.6 Å². The summed E-state index contributed by atoms with van der Waals surface area (Å²) in [5, 5.41) is 14.8. The van der Waals surface area contributed by atoms with Crippen molar-refractivity contribution in [2.75, 3.05) is 13.7 Å². The third kappa shape index (κ3) is 3.16. The summed E-state index contributed by atoms with van der Waals surface area (Å²) >= 11 is 3.34. The fourth-order valence-corrected chi connectivity index (χ4v) is 4.01. The quantitative estimate of drug-likeness (QED) is 0.488. The van der Waals surface area contributed by atoms with Gasteiger partial charge in [0.25, 0.3) is 11.2 Å². The predicted molar refractivity (Wildman–Crippen MR) is 108 cm³/mol. The smallest absolute Gasteiger partial charge is 0.271 e. The normalized spacial score (nSPS) is 16.4. The van der Waals surface area contributed by atoms with Crippen molar-refractivity contribution in [2.24, 2.45) is 0 Å². The Kier molecular flexibility index (Phi) is 4.86. The van der Waals surface area contributed by atoms with Crippen molar-refractivity contribution in [1.29, 1.82) is 0 Å². The maximum atomic E-state index is 13.4. The average Bonchev–Trinajstić information content (AvgIpc) is 3.23. The number of nitro groups is 1. The van der Waals surface area contributed by atoms with Gasteiger partial charge in [0.05, 0.1) is 39.1 Å². The number of aromatic nitrogens is 2. The molecule has 1 fully saturated rings. The zero-order valence-corrected chi connectivity index (χ0v) is 16.6. The molecule has 0 radical (unpaired) electrons. The molecule has 2 aromatic carbocycles. The summed E-state index contributed by atoms with van der Waals surface area (Å²) in [7, 11) is 1.57. The molecule has 3 aromatic rings. The molecule has 1 unspecified atom stereocenters. The van der Waals surface area contributed by atoms with Crippen molar-refractivity contribution in [2.45, 2.75) is 18.9 Å². The van der Waals surface area contributed by atoms with Crippen molar-refractivity contribution in [3.63, 3.8) is 0 Å². The Balaban J connectivity index is 2.03. The zero-order chi connectivity index (χ0) is 19.8. The number of hydrogen-bond acceptors (Lipinski definition) is 6. The lowest BCUT2D eigenvalue weighted by Crippen LogP contribution is -2.29. The third-order valence-corrected chi connectivity index (χ3v) is 5.46. The summed E-state index contributed by atoms with van der Waals surface area (Å²) in [6, 6.07) is 9.67. The van der Waals surface area contributed by atoms with E-state index < -0.39 is 4.92 Å². The minimum Gasteiger partial charge on any atom is -0.497 e. The topological polar surface area (TPSA) is 99.3 Å². The standard InChI is InChI=1S/C19H17BrN4O4/c1-28-13-6-4-11(5-7-13)23-18(16-3-2-8-21-16)22-17-14(19(23)25)9-12(24(26)27)10-15(17)20/h4-7,9-10,16,21H,2-3,8H2,1H3. The number of halogens is 1. The number of hydrogen-bond donors (Lipinski definition) is 1. The molecule has 144 valence electrons. The fraction of sp³-hybridized carbons (Fsp3) is 0.263. The maximum Gasteiger partial charge on any atom is 0.271 e. The molecule has 2 heterocycles. The lowest BCUT2D eigenvalue weighted by molar-refractivity contribution is -0.384. The van der Waals surface area contributed by atoms with Crippen LogP contribution in [-0.2, 0) is 0 Å². The van der Waals surface area contributed by atoms with Gasteiger partial charge in [0.1, 0.15) is 11.6 Å². The van der Waals surface area contributed by atoms with Crippen LogP contribution in [0.5, 0.6) is 5.75 Å². The van der Waals surface area contributed by atoms with Crippen molar-refractivity contribution in [1.82, 2.24) is 14.9 Å². The number of rotatable bonds is 4. The van der Waals surface area contributed by atoms with Crippen LogP contribution < -0.4 is 15.6 Å². The highest BCUT2D eigenvalue weighted by Crippen LogP contribution is 2.30. The van der Waals surface area contributed by atoms with E-state index in [4.69, 9.17) is 9.72 Å². The highest BCUT2D eigenvalue weighted by atomic mass is 79.9. The van der Waals surface area contributed by atoms with E-state index in [9.17, 15) is 14.9 Å². The fourth-order valence-electron chi connectivity index (χ4n) is 3.48. The van der Waals surface area contributed by atoms with E-state index in [1.165, 1.54) is 16.7 Å². The van der Waals surface area contributed by atoms with Crippen molar-refractivity contribution in [3.05, 3.63) is 67.2 Å². The molecule has 9 heteroatoms. The van der Waals surface area contributed by atoms with Gasteiger partial charge in [0, 0.05) is 12.1 Å². The average molecular weight is 445 g/mol. The molecule has 0 saturated carbocycles. The minimum absolute atomic E-state index is 0.0682. The number of benzene rings is 2. The summed E-state index contributed by atoms with van der Waals surface area (Å²) in [6.45, 7) is 0.850. The molecular formula is C19H17BrN4O4. The van der Waals surface area contributed by atoms with Crippen LogP contribution in [0.2, 0.25) is 0 Å². The van der Waals surface area contributed by atoms with E-state index in [-0.39, 0.29) is 22.7 Å². The van der Waals surface area contributed by atoms with Crippen molar-refractivity contribution in [3.8, 4) is 11.4 Å². The van der Waals surface area contributed by atoms with Crippen LogP contribution in [0.3, 0.4) is 0 Å². The summed E-state index contributed by atoms with van der Waals surface area (Å²) in [4.78, 5) is 28.9. The van der Waals surface area contributed by atoms with E-state index >= 15 is 0 Å². The minimum atomic E-state index is -0.520. The lowest BCUT2D eigenvalue weighted by Gasteiger charge is -2.18. The molecule has 4 rings (SSSR count). The molecule has 1 aliphatic heterocycles. The second-order valence-electron chi connectivity index (χ2n) is 6.54. The molecule has 1 saturated heterocycles. The van der Waals surface area contributed by atoms with Crippen molar-refractivity contribution < 1.29 is 9.66 Å². The molecule has 1 aliphatic rings. The van der Waals surface area contributed by atoms with E-state index in [0.717, 1.165) is 19.4 Å². The molecule has 0 aliphatic carbocycles. The van der Waals surface area contributed by atoms with E-state index in [0.29, 0.717) is 27.3 Å². The Morgan fingerprint density at radius 1 is 1.32 bits per heavy atom. The van der Waals surface area contributed by atoms with E-state index in [1.54, 1.807) is 31.4 Å². The Labute approximate surface area is 168 Å². The molecule has 28 heavy (non-hydrogen) atoms. The molecule has 0 amide bonds. The first-order chi connectivity index (χ1) is 13.5. The van der Waals surface area contributed by atoms with Gasteiger partial charge in [0.15, 0.2) is 0 Å². The number of fused-ring (bicyclic) bond motifs is 1.